The second kappa shape index (κ2) is 11.0. The molecule has 7 nitrogen and oxygen atoms in total. The van der Waals surface area contributed by atoms with Gasteiger partial charge in [0.1, 0.15) is 0 Å². The topological polar surface area (TPSA) is 74.5 Å². The maximum atomic E-state index is 11.6. The van der Waals surface area contributed by atoms with Gasteiger partial charge in [-0.3, -0.25) is 9.79 Å². The first-order valence-electron chi connectivity index (χ1n) is 9.43. The Morgan fingerprint density at radius 1 is 1.29 bits per heavy atom. The highest BCUT2D eigenvalue weighted by molar-refractivity contribution is 14.0. The Balaban J connectivity index is 0.00000280. The van der Waals surface area contributed by atoms with Crippen molar-refractivity contribution in [2.24, 2.45) is 10.9 Å². The van der Waals surface area contributed by atoms with Crippen molar-refractivity contribution >= 4 is 35.8 Å². The summed E-state index contributed by atoms with van der Waals surface area (Å²) in [6.07, 6.45) is 8.19. The number of imidazole rings is 1. The van der Waals surface area contributed by atoms with E-state index in [4.69, 9.17) is 0 Å². The Kier molecular flexibility index (Phi) is 8.75. The zero-order valence-corrected chi connectivity index (χ0v) is 18.8. The predicted octanol–water partition coefficient (Wildman–Crippen LogP) is 2.41. The third kappa shape index (κ3) is 5.70. The number of guanidine groups is 1. The first kappa shape index (κ1) is 22.2. The molecule has 1 aliphatic heterocycles. The molecule has 8 heteroatoms. The first-order chi connectivity index (χ1) is 13.2. The van der Waals surface area contributed by atoms with E-state index in [0.29, 0.717) is 18.9 Å². The summed E-state index contributed by atoms with van der Waals surface area (Å²) in [5.41, 5.74) is 2.30. The number of carbonyl (C=O) groups is 1. The molecule has 0 spiro atoms. The molecule has 0 aliphatic carbocycles. The number of rotatable bonds is 5. The Morgan fingerprint density at radius 3 is 2.68 bits per heavy atom. The zero-order chi connectivity index (χ0) is 19.1. The van der Waals surface area contributed by atoms with Crippen molar-refractivity contribution in [3.8, 4) is 5.69 Å². The second-order valence-electron chi connectivity index (χ2n) is 6.81. The molecule has 1 aliphatic rings. The molecule has 2 N–H and O–H groups in total. The van der Waals surface area contributed by atoms with Crippen molar-refractivity contribution in [1.82, 2.24) is 25.1 Å². The summed E-state index contributed by atoms with van der Waals surface area (Å²) in [6, 6.07) is 8.28. The third-order valence-electron chi connectivity index (χ3n) is 5.09. The molecule has 0 saturated carbocycles. The van der Waals surface area contributed by atoms with Crippen LogP contribution in [0.1, 0.15) is 24.8 Å². The van der Waals surface area contributed by atoms with Crippen LogP contribution in [-0.2, 0) is 11.3 Å². The fourth-order valence-electron chi connectivity index (χ4n) is 3.53. The van der Waals surface area contributed by atoms with Crippen molar-refractivity contribution in [3.63, 3.8) is 0 Å². The molecule has 1 amide bonds. The van der Waals surface area contributed by atoms with Crippen molar-refractivity contribution < 1.29 is 4.79 Å². The molecule has 0 bridgehead atoms. The third-order valence-corrected chi connectivity index (χ3v) is 5.09. The van der Waals surface area contributed by atoms with E-state index in [1.807, 2.05) is 36.3 Å². The van der Waals surface area contributed by atoms with E-state index in [0.717, 1.165) is 37.6 Å². The number of hydrogen-bond donors (Lipinski definition) is 2. The van der Waals surface area contributed by atoms with Crippen LogP contribution in [0.5, 0.6) is 0 Å². The molecule has 0 radical (unpaired) electrons. The number of carbonyl (C=O) groups excluding carboxylic acids is 1. The molecule has 3 rings (SSSR count). The Labute approximate surface area is 183 Å². The molecule has 1 saturated heterocycles. The van der Waals surface area contributed by atoms with E-state index in [1.54, 1.807) is 13.2 Å². The molecule has 2 heterocycles. The number of aliphatic imine (C=N–C) groups is 1. The van der Waals surface area contributed by atoms with Crippen molar-refractivity contribution in [2.75, 3.05) is 27.2 Å². The summed E-state index contributed by atoms with van der Waals surface area (Å²) < 4.78 is 2.02. The minimum absolute atomic E-state index is 0. The quantitative estimate of drug-likeness (QED) is 0.379. The molecule has 0 atom stereocenters. The van der Waals surface area contributed by atoms with Gasteiger partial charge in [-0.25, -0.2) is 4.98 Å². The predicted molar refractivity (Wildman–Crippen MR) is 122 cm³/mol. The summed E-state index contributed by atoms with van der Waals surface area (Å²) in [7, 11) is 3.52. The highest BCUT2D eigenvalue weighted by Gasteiger charge is 2.23. The van der Waals surface area contributed by atoms with Gasteiger partial charge in [0.15, 0.2) is 5.96 Å². The monoisotopic (exact) mass is 496 g/mol. The number of amides is 1. The van der Waals surface area contributed by atoms with Crippen LogP contribution in [0.3, 0.4) is 0 Å². The van der Waals surface area contributed by atoms with Gasteiger partial charge in [0.2, 0.25) is 5.91 Å². The molecule has 1 fully saturated rings. The van der Waals surface area contributed by atoms with Crippen molar-refractivity contribution in [2.45, 2.75) is 25.8 Å². The summed E-state index contributed by atoms with van der Waals surface area (Å²) in [5, 5.41) is 6.21. The van der Waals surface area contributed by atoms with Crippen LogP contribution in [0, 0.1) is 5.92 Å². The Morgan fingerprint density at radius 2 is 2.04 bits per heavy atom. The van der Waals surface area contributed by atoms with Crippen molar-refractivity contribution in [1.29, 1.82) is 0 Å². The number of benzene rings is 1. The van der Waals surface area contributed by atoms with Gasteiger partial charge in [0.25, 0.3) is 0 Å². The summed E-state index contributed by atoms with van der Waals surface area (Å²) in [4.78, 5) is 22.4. The average molecular weight is 496 g/mol. The number of aromatic nitrogens is 2. The molecule has 1 aromatic heterocycles. The summed E-state index contributed by atoms with van der Waals surface area (Å²) in [5.74, 6) is 1.50. The van der Waals surface area contributed by atoms with Crippen LogP contribution < -0.4 is 10.6 Å². The van der Waals surface area contributed by atoms with E-state index >= 15 is 0 Å². The van der Waals surface area contributed by atoms with E-state index in [1.165, 1.54) is 5.56 Å². The lowest BCUT2D eigenvalue weighted by molar-refractivity contribution is -0.121. The van der Waals surface area contributed by atoms with Gasteiger partial charge in [0.05, 0.1) is 12.0 Å². The number of likely N-dealkylation sites (tertiary alicyclic amines) is 1. The summed E-state index contributed by atoms with van der Waals surface area (Å²) >= 11 is 0. The van der Waals surface area contributed by atoms with Crippen LogP contribution in [0.15, 0.2) is 48.0 Å². The lowest BCUT2D eigenvalue weighted by Crippen LogP contribution is -2.45. The standard InChI is InChI=1S/C20H28N6O.HI/c1-21-19(27)13-16-7-10-25(11-8-16)20(22-2)24-14-17-5-3-4-6-18(17)26-12-9-23-15-26;/h3-6,9,12,15-16H,7-8,10-11,13-14H2,1-2H3,(H,21,27)(H,22,24);1H. The maximum absolute atomic E-state index is 11.6. The smallest absolute Gasteiger partial charge is 0.220 e. The number of piperidine rings is 1. The van der Waals surface area contributed by atoms with E-state index in [-0.39, 0.29) is 29.9 Å². The maximum Gasteiger partial charge on any atom is 0.220 e. The average Bonchev–Trinajstić information content (AvgIpc) is 3.24. The minimum atomic E-state index is 0. The normalized spacial score (nSPS) is 15.1. The molecular weight excluding hydrogens is 467 g/mol. The van der Waals surface area contributed by atoms with E-state index in [9.17, 15) is 4.79 Å². The minimum Gasteiger partial charge on any atom is -0.359 e. The first-order valence-corrected chi connectivity index (χ1v) is 9.43. The number of halogens is 1. The van der Waals surface area contributed by atoms with Gasteiger partial charge in [-0.15, -0.1) is 24.0 Å². The SMILES string of the molecule is CN=C(NCc1ccccc1-n1ccnc1)N1CCC(CC(=O)NC)CC1.I. The summed E-state index contributed by atoms with van der Waals surface area (Å²) in [6.45, 7) is 2.54. The van der Waals surface area contributed by atoms with Gasteiger partial charge in [-0.1, -0.05) is 18.2 Å². The van der Waals surface area contributed by atoms with Crippen LogP contribution in [0.2, 0.25) is 0 Å². The van der Waals surface area contributed by atoms with Gasteiger partial charge in [-0.2, -0.15) is 0 Å². The fraction of sp³-hybridized carbons (Fsp3) is 0.450. The van der Waals surface area contributed by atoms with E-state index < -0.39 is 0 Å². The van der Waals surface area contributed by atoms with Gasteiger partial charge in [-0.05, 0) is 30.4 Å². The van der Waals surface area contributed by atoms with E-state index in [2.05, 4.69) is 37.6 Å². The van der Waals surface area contributed by atoms with Gasteiger partial charge >= 0.3 is 0 Å². The molecule has 0 unspecified atom stereocenters. The van der Waals surface area contributed by atoms with Crippen LogP contribution in [0.4, 0.5) is 0 Å². The number of para-hydroxylation sites is 1. The van der Waals surface area contributed by atoms with Crippen LogP contribution in [0.25, 0.3) is 5.69 Å². The highest BCUT2D eigenvalue weighted by atomic mass is 127. The molecule has 2 aromatic rings. The molecular formula is C20H29IN6O. The fourth-order valence-corrected chi connectivity index (χ4v) is 3.53. The second-order valence-corrected chi connectivity index (χ2v) is 6.81. The van der Waals surface area contributed by atoms with Crippen molar-refractivity contribution in [3.05, 3.63) is 48.5 Å². The zero-order valence-electron chi connectivity index (χ0n) is 16.5. The van der Waals surface area contributed by atoms with Crippen LogP contribution >= 0.6 is 24.0 Å². The number of nitrogens with one attached hydrogen (secondary N) is 2. The molecule has 152 valence electrons. The Hall–Kier alpha value is -2.10. The van der Waals surface area contributed by atoms with Gasteiger partial charge < -0.3 is 20.1 Å². The molecule has 1 aromatic carbocycles. The lowest BCUT2D eigenvalue weighted by atomic mass is 9.93. The highest BCUT2D eigenvalue weighted by Crippen LogP contribution is 2.21. The number of nitrogens with zero attached hydrogens (tertiary/aromatic N) is 4. The largest absolute Gasteiger partial charge is 0.359 e. The molecule has 28 heavy (non-hydrogen) atoms. The van der Waals surface area contributed by atoms with Gasteiger partial charge in [0, 0.05) is 52.5 Å². The van der Waals surface area contributed by atoms with Crippen LogP contribution in [-0.4, -0.2) is 53.5 Å². The number of hydrogen-bond acceptors (Lipinski definition) is 3. The Bertz CT molecular complexity index is 769. The lowest BCUT2D eigenvalue weighted by Gasteiger charge is -2.34.